The lowest BCUT2D eigenvalue weighted by Crippen LogP contribution is -2.40. The van der Waals surface area contributed by atoms with Crippen LogP contribution in [0.1, 0.15) is 23.2 Å². The molecule has 1 aromatic rings. The van der Waals surface area contributed by atoms with E-state index in [0.717, 1.165) is 12.8 Å². The van der Waals surface area contributed by atoms with Gasteiger partial charge in [-0.15, -0.1) is 0 Å². The fraction of sp³-hybridized carbons (Fsp3) is 0.417. The maximum Gasteiger partial charge on any atom is 0.282 e. The van der Waals surface area contributed by atoms with Crippen LogP contribution in [0.15, 0.2) is 24.3 Å². The van der Waals surface area contributed by atoms with Crippen LogP contribution in [0.2, 0.25) is 0 Å². The van der Waals surface area contributed by atoms with E-state index in [1.165, 1.54) is 12.1 Å². The van der Waals surface area contributed by atoms with Gasteiger partial charge in [0, 0.05) is 25.2 Å². The van der Waals surface area contributed by atoms with Crippen molar-refractivity contribution in [1.29, 1.82) is 0 Å². The molecule has 1 unspecified atom stereocenters. The van der Waals surface area contributed by atoms with E-state index in [1.54, 1.807) is 17.0 Å². The van der Waals surface area contributed by atoms with Crippen LogP contribution in [0.5, 0.6) is 0 Å². The number of rotatable bonds is 3. The summed E-state index contributed by atoms with van der Waals surface area (Å²) in [6.45, 7) is 1.01. The number of likely N-dealkylation sites (tertiary alicyclic amines) is 1. The molecule has 96 valence electrons. The third kappa shape index (κ3) is 2.19. The van der Waals surface area contributed by atoms with Crippen molar-refractivity contribution in [3.8, 4) is 0 Å². The fourth-order valence-corrected chi connectivity index (χ4v) is 2.32. The van der Waals surface area contributed by atoms with Gasteiger partial charge in [0.25, 0.3) is 11.6 Å². The van der Waals surface area contributed by atoms with Crippen molar-refractivity contribution in [3.05, 3.63) is 39.9 Å². The van der Waals surface area contributed by atoms with Gasteiger partial charge < -0.3 is 10.6 Å². The maximum absolute atomic E-state index is 12.3. The average Bonchev–Trinajstić information content (AvgIpc) is 2.86. The first-order valence-corrected chi connectivity index (χ1v) is 5.89. The standard InChI is InChI=1S/C12H15N3O3/c13-8-9-4-3-7-14(9)12(16)10-5-1-2-6-11(10)15(17)18/h1-2,5-6,9H,3-4,7-8,13H2. The Morgan fingerprint density at radius 2 is 2.22 bits per heavy atom. The lowest BCUT2D eigenvalue weighted by atomic mass is 10.1. The molecule has 0 aliphatic carbocycles. The number of carbonyl (C=O) groups is 1. The minimum Gasteiger partial charge on any atom is -0.334 e. The zero-order valence-electron chi connectivity index (χ0n) is 9.91. The first kappa shape index (κ1) is 12.5. The molecule has 0 radical (unpaired) electrons. The van der Waals surface area contributed by atoms with E-state index in [4.69, 9.17) is 5.73 Å². The van der Waals surface area contributed by atoms with Gasteiger partial charge in [-0.2, -0.15) is 0 Å². The highest BCUT2D eigenvalue weighted by atomic mass is 16.6. The van der Waals surface area contributed by atoms with Crippen molar-refractivity contribution < 1.29 is 9.72 Å². The molecule has 1 aliphatic rings. The van der Waals surface area contributed by atoms with E-state index < -0.39 is 4.92 Å². The molecule has 1 heterocycles. The Hall–Kier alpha value is -1.95. The lowest BCUT2D eigenvalue weighted by molar-refractivity contribution is -0.385. The molecule has 1 aromatic carbocycles. The predicted octanol–water partition coefficient (Wildman–Crippen LogP) is 1.16. The van der Waals surface area contributed by atoms with Crippen LogP contribution in [0.3, 0.4) is 0 Å². The molecule has 0 spiro atoms. The van der Waals surface area contributed by atoms with E-state index in [2.05, 4.69) is 0 Å². The summed E-state index contributed by atoms with van der Waals surface area (Å²) in [6, 6.07) is 6.03. The zero-order chi connectivity index (χ0) is 13.1. The molecule has 0 saturated carbocycles. The van der Waals surface area contributed by atoms with Crippen molar-refractivity contribution in [3.63, 3.8) is 0 Å². The molecule has 1 aliphatic heterocycles. The molecule has 1 saturated heterocycles. The number of amides is 1. The van der Waals surface area contributed by atoms with Crippen molar-refractivity contribution in [1.82, 2.24) is 4.90 Å². The van der Waals surface area contributed by atoms with Crippen LogP contribution in [0, 0.1) is 10.1 Å². The van der Waals surface area contributed by atoms with Gasteiger partial charge in [-0.1, -0.05) is 12.1 Å². The second-order valence-corrected chi connectivity index (χ2v) is 4.30. The van der Waals surface area contributed by atoms with E-state index >= 15 is 0 Å². The van der Waals surface area contributed by atoms with Gasteiger partial charge in [0.15, 0.2) is 0 Å². The average molecular weight is 249 g/mol. The topological polar surface area (TPSA) is 89.5 Å². The van der Waals surface area contributed by atoms with Gasteiger partial charge in [-0.3, -0.25) is 14.9 Å². The molecular formula is C12H15N3O3. The number of benzene rings is 1. The van der Waals surface area contributed by atoms with E-state index in [9.17, 15) is 14.9 Å². The molecule has 2 rings (SSSR count). The Morgan fingerprint density at radius 3 is 2.89 bits per heavy atom. The van der Waals surface area contributed by atoms with Crippen LogP contribution < -0.4 is 5.73 Å². The number of para-hydroxylation sites is 1. The highest BCUT2D eigenvalue weighted by Crippen LogP contribution is 2.24. The molecular weight excluding hydrogens is 234 g/mol. The Balaban J connectivity index is 2.31. The molecule has 0 bridgehead atoms. The van der Waals surface area contributed by atoms with Gasteiger partial charge in [0.2, 0.25) is 0 Å². The van der Waals surface area contributed by atoms with Gasteiger partial charge in [-0.25, -0.2) is 0 Å². The number of nitro benzene ring substituents is 1. The smallest absolute Gasteiger partial charge is 0.282 e. The molecule has 6 nitrogen and oxygen atoms in total. The third-order valence-electron chi connectivity index (χ3n) is 3.24. The largest absolute Gasteiger partial charge is 0.334 e. The van der Waals surface area contributed by atoms with Crippen LogP contribution in [0.4, 0.5) is 5.69 Å². The van der Waals surface area contributed by atoms with Gasteiger partial charge in [-0.05, 0) is 18.9 Å². The van der Waals surface area contributed by atoms with Crippen molar-refractivity contribution in [2.75, 3.05) is 13.1 Å². The summed E-state index contributed by atoms with van der Waals surface area (Å²) in [5.74, 6) is -0.296. The van der Waals surface area contributed by atoms with Crippen LogP contribution >= 0.6 is 0 Å². The van der Waals surface area contributed by atoms with E-state index in [0.29, 0.717) is 13.1 Å². The Bertz CT molecular complexity index is 475. The third-order valence-corrected chi connectivity index (χ3v) is 3.24. The summed E-state index contributed by atoms with van der Waals surface area (Å²) in [4.78, 5) is 24.3. The normalized spacial score (nSPS) is 18.9. The Labute approximate surface area is 105 Å². The van der Waals surface area contributed by atoms with Gasteiger partial charge in [0.05, 0.1) is 4.92 Å². The molecule has 2 N–H and O–H groups in total. The van der Waals surface area contributed by atoms with E-state index in [-0.39, 0.29) is 23.2 Å². The number of hydrogen-bond donors (Lipinski definition) is 1. The van der Waals surface area contributed by atoms with Gasteiger partial charge >= 0.3 is 0 Å². The van der Waals surface area contributed by atoms with Crippen LogP contribution in [-0.2, 0) is 0 Å². The van der Waals surface area contributed by atoms with E-state index in [1.807, 2.05) is 0 Å². The molecule has 18 heavy (non-hydrogen) atoms. The molecule has 1 fully saturated rings. The second-order valence-electron chi connectivity index (χ2n) is 4.30. The minimum atomic E-state index is -0.527. The molecule has 0 aromatic heterocycles. The van der Waals surface area contributed by atoms with Crippen LogP contribution in [0.25, 0.3) is 0 Å². The summed E-state index contributed by atoms with van der Waals surface area (Å²) in [5, 5.41) is 10.9. The van der Waals surface area contributed by atoms with Crippen LogP contribution in [-0.4, -0.2) is 34.9 Å². The highest BCUT2D eigenvalue weighted by molar-refractivity contribution is 5.98. The zero-order valence-corrected chi connectivity index (χ0v) is 9.91. The number of nitrogens with two attached hydrogens (primary N) is 1. The summed E-state index contributed by atoms with van der Waals surface area (Å²) >= 11 is 0. The number of nitro groups is 1. The number of carbonyl (C=O) groups excluding carboxylic acids is 1. The first-order chi connectivity index (χ1) is 8.65. The SMILES string of the molecule is NCC1CCCN1C(=O)c1ccccc1[N+](=O)[O-]. The van der Waals surface area contributed by atoms with Gasteiger partial charge in [0.1, 0.15) is 5.56 Å². The minimum absolute atomic E-state index is 0.00249. The predicted molar refractivity (Wildman–Crippen MR) is 66.2 cm³/mol. The summed E-state index contributed by atoms with van der Waals surface area (Å²) in [5.41, 5.74) is 5.60. The monoisotopic (exact) mass is 249 g/mol. The molecule has 1 amide bonds. The molecule has 1 atom stereocenters. The maximum atomic E-state index is 12.3. The second kappa shape index (κ2) is 5.14. The summed E-state index contributed by atoms with van der Waals surface area (Å²) in [7, 11) is 0. The highest BCUT2D eigenvalue weighted by Gasteiger charge is 2.31. The Morgan fingerprint density at radius 1 is 1.50 bits per heavy atom. The summed E-state index contributed by atoms with van der Waals surface area (Å²) in [6.07, 6.45) is 1.76. The van der Waals surface area contributed by atoms with Crippen molar-refractivity contribution >= 4 is 11.6 Å². The fourth-order valence-electron chi connectivity index (χ4n) is 2.32. The number of hydrogen-bond acceptors (Lipinski definition) is 4. The first-order valence-electron chi connectivity index (χ1n) is 5.89. The molecule has 6 heteroatoms. The quantitative estimate of drug-likeness (QED) is 0.643. The Kier molecular flexibility index (Phi) is 3.57. The lowest BCUT2D eigenvalue weighted by Gasteiger charge is -2.23. The van der Waals surface area contributed by atoms with Crippen molar-refractivity contribution in [2.24, 2.45) is 5.73 Å². The number of nitrogens with zero attached hydrogens (tertiary/aromatic N) is 2. The van der Waals surface area contributed by atoms with Crippen molar-refractivity contribution in [2.45, 2.75) is 18.9 Å². The summed E-state index contributed by atoms with van der Waals surface area (Å²) < 4.78 is 0.